The summed E-state index contributed by atoms with van der Waals surface area (Å²) in [5, 5.41) is 11.4. The van der Waals surface area contributed by atoms with Gasteiger partial charge in [0, 0.05) is 11.8 Å². The normalized spacial score (nSPS) is 11.8. The predicted molar refractivity (Wildman–Crippen MR) is 137 cm³/mol. The zero-order valence-electron chi connectivity index (χ0n) is 19.1. The maximum absolute atomic E-state index is 11.6. The molecule has 0 saturated heterocycles. The van der Waals surface area contributed by atoms with Crippen LogP contribution in [-0.2, 0) is 4.79 Å². The zero-order valence-corrected chi connectivity index (χ0v) is 19.9. The van der Waals surface area contributed by atoms with Crippen LogP contribution >= 0.6 is 11.3 Å². The summed E-state index contributed by atoms with van der Waals surface area (Å²) in [6.45, 7) is 4.61. The third kappa shape index (κ3) is 7.90. The molecule has 6 heteroatoms. The molecule has 1 aromatic heterocycles. The van der Waals surface area contributed by atoms with Gasteiger partial charge in [-0.05, 0) is 35.9 Å². The van der Waals surface area contributed by atoms with E-state index in [-0.39, 0.29) is 4.87 Å². The number of aliphatic carboxylic acids is 1. The molecule has 0 aliphatic heterocycles. The molecule has 2 N–H and O–H groups in total. The number of carboxylic acids is 1. The molecule has 0 spiro atoms. The van der Waals surface area contributed by atoms with E-state index in [9.17, 15) is 9.59 Å². The Kier molecular flexibility index (Phi) is 9.76. The molecule has 0 unspecified atom stereocenters. The maximum atomic E-state index is 11.6. The Balaban J connectivity index is 1.44. The van der Waals surface area contributed by atoms with Gasteiger partial charge in [-0.25, -0.2) is 0 Å². The molecule has 0 aliphatic carbocycles. The standard InChI is InChI=1S/C27H33NO4S/c1-20-25(33-27(31)28-20)19-21-16-17-24(23-14-11-10-13-22(21)23)32-18-12-8-6-4-2-3-5-7-9-15-26(29)30/h10-11,13-14,16-17,19H,1-9,12,15,18H2,(H,28,31)(H,29,30)/b25-19-. The summed E-state index contributed by atoms with van der Waals surface area (Å²) >= 11 is 1.17. The van der Waals surface area contributed by atoms with E-state index in [2.05, 4.69) is 23.7 Å². The van der Waals surface area contributed by atoms with Crippen molar-refractivity contribution in [2.24, 2.45) is 0 Å². The molecule has 0 bridgehead atoms. The van der Waals surface area contributed by atoms with Crippen molar-refractivity contribution in [3.05, 3.63) is 61.5 Å². The van der Waals surface area contributed by atoms with E-state index in [0.29, 0.717) is 18.4 Å². The van der Waals surface area contributed by atoms with Gasteiger partial charge in [0.1, 0.15) is 5.75 Å². The van der Waals surface area contributed by atoms with Crippen LogP contribution in [0.1, 0.15) is 69.8 Å². The lowest BCUT2D eigenvalue weighted by Crippen LogP contribution is -2.19. The fourth-order valence-electron chi connectivity index (χ4n) is 3.97. The first-order valence-electron chi connectivity index (χ1n) is 11.8. The predicted octanol–water partition coefficient (Wildman–Crippen LogP) is 5.19. The summed E-state index contributed by atoms with van der Waals surface area (Å²) < 4.78 is 6.96. The number of unbranched alkanes of at least 4 members (excludes halogenated alkanes) is 8. The highest BCUT2D eigenvalue weighted by molar-refractivity contribution is 7.07. The summed E-state index contributed by atoms with van der Waals surface area (Å²) in [5.41, 5.74) is 1.04. The van der Waals surface area contributed by atoms with E-state index >= 15 is 0 Å². The Hall–Kier alpha value is -2.86. The van der Waals surface area contributed by atoms with Gasteiger partial charge in [0.25, 0.3) is 0 Å². The molecule has 0 saturated carbocycles. The number of H-pyrrole nitrogens is 1. The Morgan fingerprint density at radius 3 is 2.21 bits per heavy atom. The second kappa shape index (κ2) is 13.0. The molecule has 3 rings (SSSR count). The summed E-state index contributed by atoms with van der Waals surface area (Å²) in [4.78, 5) is 24.7. The average Bonchev–Trinajstić information content (AvgIpc) is 3.12. The van der Waals surface area contributed by atoms with Crippen molar-refractivity contribution in [3.8, 4) is 5.75 Å². The molecule has 33 heavy (non-hydrogen) atoms. The number of nitrogens with one attached hydrogen (secondary N) is 1. The fraction of sp³-hybridized carbons (Fsp3) is 0.407. The van der Waals surface area contributed by atoms with Crippen LogP contribution in [-0.4, -0.2) is 22.7 Å². The van der Waals surface area contributed by atoms with Gasteiger partial charge in [0.05, 0.1) is 16.5 Å². The summed E-state index contributed by atoms with van der Waals surface area (Å²) in [6, 6.07) is 12.2. The highest BCUT2D eigenvalue weighted by Crippen LogP contribution is 2.29. The van der Waals surface area contributed by atoms with Gasteiger partial charge in [-0.2, -0.15) is 0 Å². The van der Waals surface area contributed by atoms with Gasteiger partial charge in [-0.1, -0.05) is 93.2 Å². The number of benzene rings is 2. The number of ether oxygens (including phenoxy) is 1. The molecule has 0 atom stereocenters. The molecular weight excluding hydrogens is 434 g/mol. The smallest absolute Gasteiger partial charge is 0.305 e. The zero-order chi connectivity index (χ0) is 23.5. The molecule has 1 heterocycles. The number of thiazole rings is 1. The molecular formula is C27H33NO4S. The van der Waals surface area contributed by atoms with Crippen LogP contribution in [0.4, 0.5) is 0 Å². The van der Waals surface area contributed by atoms with Crippen LogP contribution in [0, 0.1) is 0 Å². The van der Waals surface area contributed by atoms with E-state index < -0.39 is 5.97 Å². The lowest BCUT2D eigenvalue weighted by Gasteiger charge is -2.11. The van der Waals surface area contributed by atoms with Gasteiger partial charge >= 0.3 is 10.8 Å². The first-order chi connectivity index (χ1) is 16.0. The van der Waals surface area contributed by atoms with Crippen molar-refractivity contribution >= 4 is 40.7 Å². The monoisotopic (exact) mass is 467 g/mol. The van der Waals surface area contributed by atoms with Gasteiger partial charge in [0.15, 0.2) is 0 Å². The number of rotatable bonds is 14. The number of carbonyl (C=O) groups is 1. The topological polar surface area (TPSA) is 79.4 Å². The quantitative estimate of drug-likeness (QED) is 0.320. The van der Waals surface area contributed by atoms with E-state index in [1.165, 1.54) is 37.0 Å². The van der Waals surface area contributed by atoms with Crippen molar-refractivity contribution in [3.63, 3.8) is 0 Å². The number of aromatic nitrogens is 1. The molecule has 0 fully saturated rings. The summed E-state index contributed by atoms with van der Waals surface area (Å²) in [7, 11) is 0. The number of aromatic amines is 1. The van der Waals surface area contributed by atoms with E-state index in [0.717, 1.165) is 58.7 Å². The van der Waals surface area contributed by atoms with Crippen molar-refractivity contribution in [2.45, 2.75) is 64.2 Å². The molecule has 0 aliphatic rings. The molecule has 5 nitrogen and oxygen atoms in total. The van der Waals surface area contributed by atoms with Crippen molar-refractivity contribution in [1.29, 1.82) is 0 Å². The lowest BCUT2D eigenvalue weighted by molar-refractivity contribution is -0.137. The van der Waals surface area contributed by atoms with Crippen LogP contribution < -0.4 is 19.5 Å². The Morgan fingerprint density at radius 2 is 1.58 bits per heavy atom. The number of hydrogen-bond acceptors (Lipinski definition) is 4. The molecule has 0 radical (unpaired) electrons. The van der Waals surface area contributed by atoms with Crippen LogP contribution in [0.3, 0.4) is 0 Å². The van der Waals surface area contributed by atoms with Crippen molar-refractivity contribution in [2.75, 3.05) is 6.61 Å². The van der Waals surface area contributed by atoms with Gasteiger partial charge in [0.2, 0.25) is 0 Å². The van der Waals surface area contributed by atoms with E-state index in [1.54, 1.807) is 0 Å². The van der Waals surface area contributed by atoms with Gasteiger partial charge in [-0.15, -0.1) is 0 Å². The highest BCUT2D eigenvalue weighted by atomic mass is 32.1. The van der Waals surface area contributed by atoms with Gasteiger partial charge < -0.3 is 14.8 Å². The first-order valence-corrected chi connectivity index (χ1v) is 12.6. The summed E-state index contributed by atoms with van der Waals surface area (Å²) in [6.07, 6.45) is 12.3. The fourth-order valence-corrected chi connectivity index (χ4v) is 4.71. The second-order valence-corrected chi connectivity index (χ2v) is 9.39. The molecule has 2 aromatic carbocycles. The van der Waals surface area contributed by atoms with Crippen molar-refractivity contribution in [1.82, 2.24) is 4.98 Å². The summed E-state index contributed by atoms with van der Waals surface area (Å²) in [5.74, 6) is 0.199. The van der Waals surface area contributed by atoms with Crippen LogP contribution in [0.5, 0.6) is 5.75 Å². The Bertz CT molecular complexity index is 1210. The molecule has 176 valence electrons. The average molecular weight is 468 g/mol. The van der Waals surface area contributed by atoms with Crippen molar-refractivity contribution < 1.29 is 14.6 Å². The van der Waals surface area contributed by atoms with Crippen LogP contribution in [0.2, 0.25) is 0 Å². The van der Waals surface area contributed by atoms with Crippen LogP contribution in [0.15, 0.2) is 41.2 Å². The second-order valence-electron chi connectivity index (χ2n) is 8.37. The molecule has 0 amide bonds. The highest BCUT2D eigenvalue weighted by Gasteiger charge is 2.06. The Labute approximate surface area is 198 Å². The van der Waals surface area contributed by atoms with Crippen LogP contribution in [0.25, 0.3) is 23.4 Å². The maximum Gasteiger partial charge on any atom is 0.305 e. The lowest BCUT2D eigenvalue weighted by atomic mass is 10.0. The Morgan fingerprint density at radius 1 is 0.939 bits per heavy atom. The number of carboxylic acid groups (broad SMARTS) is 1. The number of fused-ring (bicyclic) bond motifs is 1. The SMILES string of the molecule is C=c1[nH]c(=O)s/c1=C\c1ccc(OCCCCCCCCCCCC(=O)O)c2ccccc12. The minimum atomic E-state index is -0.691. The van der Waals surface area contributed by atoms with Gasteiger partial charge in [-0.3, -0.25) is 9.59 Å². The minimum absolute atomic E-state index is 0.0914. The third-order valence-corrected chi connectivity index (χ3v) is 6.62. The first kappa shape index (κ1) is 24.8. The number of hydrogen-bond donors (Lipinski definition) is 2. The largest absolute Gasteiger partial charge is 0.493 e. The molecule has 3 aromatic rings. The van der Waals surface area contributed by atoms with E-state index in [1.807, 2.05) is 30.3 Å². The minimum Gasteiger partial charge on any atom is -0.493 e. The van der Waals surface area contributed by atoms with E-state index in [4.69, 9.17) is 9.84 Å². The third-order valence-electron chi connectivity index (χ3n) is 5.75.